The van der Waals surface area contributed by atoms with Gasteiger partial charge in [0.15, 0.2) is 0 Å². The van der Waals surface area contributed by atoms with E-state index in [2.05, 4.69) is 31.0 Å². The van der Waals surface area contributed by atoms with Crippen LogP contribution in [0.1, 0.15) is 40.0 Å². The highest BCUT2D eigenvalue weighted by Gasteiger charge is 2.14. The smallest absolute Gasteiger partial charge is 0.0446 e. The van der Waals surface area contributed by atoms with Crippen LogP contribution in [0.4, 0.5) is 0 Å². The van der Waals surface area contributed by atoms with Gasteiger partial charge in [-0.1, -0.05) is 33.6 Å². The standard InChI is InChI=1S/C13H30N2O/c1-5-12(6-2)10-15(7-3)11-13(14-4)8-9-16/h12-14,16H,5-11H2,1-4H3. The summed E-state index contributed by atoms with van der Waals surface area (Å²) in [6.45, 7) is 10.4. The van der Waals surface area contributed by atoms with E-state index in [1.165, 1.54) is 19.4 Å². The maximum absolute atomic E-state index is 8.97. The van der Waals surface area contributed by atoms with Gasteiger partial charge in [-0.25, -0.2) is 0 Å². The molecular formula is C13H30N2O. The number of likely N-dealkylation sites (N-methyl/N-ethyl adjacent to an activating group) is 2. The van der Waals surface area contributed by atoms with Gasteiger partial charge in [-0.15, -0.1) is 0 Å². The summed E-state index contributed by atoms with van der Waals surface area (Å²) >= 11 is 0. The summed E-state index contributed by atoms with van der Waals surface area (Å²) in [5.41, 5.74) is 0. The maximum Gasteiger partial charge on any atom is 0.0446 e. The number of aliphatic hydroxyl groups excluding tert-OH is 1. The second-order valence-corrected chi connectivity index (χ2v) is 4.53. The van der Waals surface area contributed by atoms with Crippen molar-refractivity contribution in [1.29, 1.82) is 0 Å². The summed E-state index contributed by atoms with van der Waals surface area (Å²) in [6.07, 6.45) is 3.37. The molecule has 0 bridgehead atoms. The lowest BCUT2D eigenvalue weighted by atomic mass is 10.0. The van der Waals surface area contributed by atoms with Crippen LogP contribution in [0, 0.1) is 5.92 Å². The van der Waals surface area contributed by atoms with Crippen LogP contribution in [0.3, 0.4) is 0 Å². The molecule has 0 aromatic carbocycles. The zero-order valence-corrected chi connectivity index (χ0v) is 11.5. The number of rotatable bonds is 10. The second kappa shape index (κ2) is 10.1. The van der Waals surface area contributed by atoms with Crippen LogP contribution < -0.4 is 5.32 Å². The third kappa shape index (κ3) is 6.46. The van der Waals surface area contributed by atoms with Gasteiger partial charge in [-0.3, -0.25) is 0 Å². The van der Waals surface area contributed by atoms with Crippen LogP contribution in [-0.4, -0.2) is 49.3 Å². The van der Waals surface area contributed by atoms with Crippen LogP contribution in [0.15, 0.2) is 0 Å². The monoisotopic (exact) mass is 230 g/mol. The summed E-state index contributed by atoms with van der Waals surface area (Å²) in [5, 5.41) is 12.2. The van der Waals surface area contributed by atoms with E-state index in [0.29, 0.717) is 6.04 Å². The fourth-order valence-corrected chi connectivity index (χ4v) is 2.04. The molecule has 0 aliphatic carbocycles. The van der Waals surface area contributed by atoms with E-state index in [4.69, 9.17) is 5.11 Å². The molecular weight excluding hydrogens is 200 g/mol. The Kier molecular flexibility index (Phi) is 9.99. The van der Waals surface area contributed by atoms with E-state index in [0.717, 1.165) is 25.4 Å². The summed E-state index contributed by atoms with van der Waals surface area (Å²) in [7, 11) is 1.98. The molecule has 0 aliphatic rings. The van der Waals surface area contributed by atoms with Crippen LogP contribution >= 0.6 is 0 Å². The molecule has 98 valence electrons. The molecule has 0 saturated heterocycles. The largest absolute Gasteiger partial charge is 0.396 e. The van der Waals surface area contributed by atoms with Gasteiger partial charge in [0, 0.05) is 25.7 Å². The first-order valence-corrected chi connectivity index (χ1v) is 6.72. The van der Waals surface area contributed by atoms with E-state index < -0.39 is 0 Å². The highest BCUT2D eigenvalue weighted by atomic mass is 16.3. The Balaban J connectivity index is 4.05. The first-order chi connectivity index (χ1) is 7.71. The van der Waals surface area contributed by atoms with E-state index in [9.17, 15) is 0 Å². The van der Waals surface area contributed by atoms with E-state index >= 15 is 0 Å². The van der Waals surface area contributed by atoms with Gasteiger partial charge in [0.2, 0.25) is 0 Å². The van der Waals surface area contributed by atoms with Crippen molar-refractivity contribution in [3.63, 3.8) is 0 Å². The second-order valence-electron chi connectivity index (χ2n) is 4.53. The molecule has 0 radical (unpaired) electrons. The number of nitrogens with one attached hydrogen (secondary N) is 1. The van der Waals surface area contributed by atoms with Gasteiger partial charge >= 0.3 is 0 Å². The molecule has 1 atom stereocenters. The molecule has 16 heavy (non-hydrogen) atoms. The first kappa shape index (κ1) is 15.9. The molecule has 3 heteroatoms. The maximum atomic E-state index is 8.97. The van der Waals surface area contributed by atoms with Crippen LogP contribution in [0.5, 0.6) is 0 Å². The summed E-state index contributed by atoms with van der Waals surface area (Å²) in [5.74, 6) is 0.812. The lowest BCUT2D eigenvalue weighted by Gasteiger charge is -2.29. The molecule has 0 fully saturated rings. The van der Waals surface area contributed by atoms with Crippen molar-refractivity contribution in [3.8, 4) is 0 Å². The SMILES string of the molecule is CCC(CC)CN(CC)CC(CCO)NC. The quantitative estimate of drug-likeness (QED) is 0.600. The predicted octanol–water partition coefficient (Wildman–Crippen LogP) is 1.71. The van der Waals surface area contributed by atoms with Crippen LogP contribution in [-0.2, 0) is 0 Å². The molecule has 0 aliphatic heterocycles. The Labute approximate surface area is 101 Å². The van der Waals surface area contributed by atoms with Crippen molar-refractivity contribution < 1.29 is 5.11 Å². The minimum Gasteiger partial charge on any atom is -0.396 e. The number of nitrogens with zero attached hydrogens (tertiary/aromatic N) is 1. The Morgan fingerprint density at radius 3 is 2.12 bits per heavy atom. The fraction of sp³-hybridized carbons (Fsp3) is 1.00. The van der Waals surface area contributed by atoms with Gasteiger partial charge in [-0.2, -0.15) is 0 Å². The summed E-state index contributed by atoms with van der Waals surface area (Å²) < 4.78 is 0. The lowest BCUT2D eigenvalue weighted by Crippen LogP contribution is -2.41. The van der Waals surface area contributed by atoms with Crippen molar-refractivity contribution in [2.45, 2.75) is 46.1 Å². The van der Waals surface area contributed by atoms with Crippen molar-refractivity contribution in [3.05, 3.63) is 0 Å². The summed E-state index contributed by atoms with van der Waals surface area (Å²) in [4.78, 5) is 2.49. The molecule has 0 amide bonds. The molecule has 3 nitrogen and oxygen atoms in total. The van der Waals surface area contributed by atoms with Crippen molar-refractivity contribution in [1.82, 2.24) is 10.2 Å². The van der Waals surface area contributed by atoms with Gasteiger partial charge in [-0.05, 0) is 25.9 Å². The molecule has 2 N–H and O–H groups in total. The Morgan fingerprint density at radius 2 is 1.75 bits per heavy atom. The van der Waals surface area contributed by atoms with Gasteiger partial charge < -0.3 is 15.3 Å². The first-order valence-electron chi connectivity index (χ1n) is 6.72. The highest BCUT2D eigenvalue weighted by molar-refractivity contribution is 4.72. The van der Waals surface area contributed by atoms with Crippen molar-refractivity contribution in [2.75, 3.05) is 33.3 Å². The Bertz CT molecular complexity index is 149. The van der Waals surface area contributed by atoms with Crippen LogP contribution in [0.2, 0.25) is 0 Å². The summed E-state index contributed by atoms with van der Waals surface area (Å²) in [6, 6.07) is 0.416. The minimum atomic E-state index is 0.272. The van der Waals surface area contributed by atoms with Gasteiger partial charge in [0.1, 0.15) is 0 Å². The zero-order valence-electron chi connectivity index (χ0n) is 11.5. The molecule has 0 spiro atoms. The Morgan fingerprint density at radius 1 is 1.12 bits per heavy atom. The Hall–Kier alpha value is -0.120. The van der Waals surface area contributed by atoms with Crippen molar-refractivity contribution in [2.24, 2.45) is 5.92 Å². The molecule has 0 heterocycles. The molecule has 0 aromatic heterocycles. The van der Waals surface area contributed by atoms with E-state index in [-0.39, 0.29) is 6.61 Å². The molecule has 0 saturated carbocycles. The van der Waals surface area contributed by atoms with Crippen LogP contribution in [0.25, 0.3) is 0 Å². The number of hydrogen-bond acceptors (Lipinski definition) is 3. The number of hydrogen-bond donors (Lipinski definition) is 2. The fourth-order valence-electron chi connectivity index (χ4n) is 2.04. The number of aliphatic hydroxyl groups is 1. The normalized spacial score (nSPS) is 13.7. The average molecular weight is 230 g/mol. The van der Waals surface area contributed by atoms with Gasteiger partial charge in [0.25, 0.3) is 0 Å². The highest BCUT2D eigenvalue weighted by Crippen LogP contribution is 2.10. The van der Waals surface area contributed by atoms with Crippen molar-refractivity contribution >= 4 is 0 Å². The van der Waals surface area contributed by atoms with Gasteiger partial charge in [0.05, 0.1) is 0 Å². The average Bonchev–Trinajstić information content (AvgIpc) is 2.33. The third-order valence-corrected chi connectivity index (χ3v) is 3.48. The van der Waals surface area contributed by atoms with E-state index in [1.54, 1.807) is 0 Å². The molecule has 1 unspecified atom stereocenters. The lowest BCUT2D eigenvalue weighted by molar-refractivity contribution is 0.192. The zero-order chi connectivity index (χ0) is 12.4. The molecule has 0 rings (SSSR count). The van der Waals surface area contributed by atoms with E-state index in [1.807, 2.05) is 7.05 Å². The topological polar surface area (TPSA) is 35.5 Å². The molecule has 0 aromatic rings. The third-order valence-electron chi connectivity index (χ3n) is 3.48. The minimum absolute atomic E-state index is 0.272. The predicted molar refractivity (Wildman–Crippen MR) is 70.7 cm³/mol.